The van der Waals surface area contributed by atoms with Crippen LogP contribution in [0.3, 0.4) is 0 Å². The van der Waals surface area contributed by atoms with Crippen LogP contribution in [0.2, 0.25) is 0 Å². The summed E-state index contributed by atoms with van der Waals surface area (Å²) in [5, 5.41) is 0.583. The number of para-hydroxylation sites is 1. The maximum Gasteiger partial charge on any atom is 0.156 e. The predicted octanol–water partition coefficient (Wildman–Crippen LogP) is 2.60. The average molecular weight is 210 g/mol. The maximum absolute atomic E-state index is 5.22. The monoisotopic (exact) mass is 210 g/mol. The number of hydrogen-bond acceptors (Lipinski definition) is 3. The fourth-order valence-electron chi connectivity index (χ4n) is 1.21. The zero-order valence-corrected chi connectivity index (χ0v) is 9.26. The van der Waals surface area contributed by atoms with E-state index in [4.69, 9.17) is 21.7 Å². The van der Waals surface area contributed by atoms with E-state index in [1.54, 1.807) is 14.0 Å². The van der Waals surface area contributed by atoms with E-state index in [9.17, 15) is 0 Å². The summed E-state index contributed by atoms with van der Waals surface area (Å²) in [6, 6.07) is 7.91. The summed E-state index contributed by atoms with van der Waals surface area (Å²) in [4.78, 5) is 0. The molecule has 0 aromatic heterocycles. The molecule has 0 bridgehead atoms. The standard InChI is InChI=1S/C11H14O2S/c1-9(14)13-8-7-10-5-3-4-6-11(10)12-2/h3-6H,7-8H2,1-2H3. The highest BCUT2D eigenvalue weighted by Crippen LogP contribution is 2.17. The topological polar surface area (TPSA) is 18.5 Å². The molecule has 76 valence electrons. The van der Waals surface area contributed by atoms with Gasteiger partial charge in [0.2, 0.25) is 0 Å². The van der Waals surface area contributed by atoms with Gasteiger partial charge < -0.3 is 9.47 Å². The first-order valence-electron chi connectivity index (χ1n) is 4.49. The van der Waals surface area contributed by atoms with E-state index in [0.717, 1.165) is 17.7 Å². The van der Waals surface area contributed by atoms with Gasteiger partial charge in [-0.25, -0.2) is 0 Å². The lowest BCUT2D eigenvalue weighted by Gasteiger charge is -2.08. The van der Waals surface area contributed by atoms with Crippen molar-refractivity contribution in [1.82, 2.24) is 0 Å². The summed E-state index contributed by atoms with van der Waals surface area (Å²) in [7, 11) is 1.67. The van der Waals surface area contributed by atoms with Crippen LogP contribution in [0.4, 0.5) is 0 Å². The van der Waals surface area contributed by atoms with Gasteiger partial charge in [0, 0.05) is 13.3 Å². The third-order valence-electron chi connectivity index (χ3n) is 1.87. The molecule has 0 spiro atoms. The smallest absolute Gasteiger partial charge is 0.156 e. The van der Waals surface area contributed by atoms with Gasteiger partial charge in [0.25, 0.3) is 0 Å². The molecule has 0 saturated carbocycles. The summed E-state index contributed by atoms with van der Waals surface area (Å²) >= 11 is 4.82. The maximum atomic E-state index is 5.22. The molecule has 1 aromatic carbocycles. The van der Waals surface area contributed by atoms with Crippen LogP contribution in [-0.2, 0) is 11.2 Å². The van der Waals surface area contributed by atoms with Crippen molar-refractivity contribution < 1.29 is 9.47 Å². The minimum absolute atomic E-state index is 0.583. The molecule has 0 fully saturated rings. The molecule has 0 aliphatic carbocycles. The van der Waals surface area contributed by atoms with Crippen molar-refractivity contribution in [1.29, 1.82) is 0 Å². The average Bonchev–Trinajstić information content (AvgIpc) is 2.18. The SMILES string of the molecule is COc1ccccc1CCOC(C)=S. The molecule has 0 aliphatic rings. The Kier molecular flexibility index (Phi) is 4.40. The lowest BCUT2D eigenvalue weighted by atomic mass is 10.1. The molecule has 2 nitrogen and oxygen atoms in total. The Balaban J connectivity index is 2.53. The quantitative estimate of drug-likeness (QED) is 0.712. The van der Waals surface area contributed by atoms with E-state index in [1.165, 1.54) is 0 Å². The van der Waals surface area contributed by atoms with E-state index in [1.807, 2.05) is 24.3 Å². The molecule has 0 atom stereocenters. The van der Waals surface area contributed by atoms with Crippen LogP contribution >= 0.6 is 12.2 Å². The molecule has 0 N–H and O–H groups in total. The summed E-state index contributed by atoms with van der Waals surface area (Å²) < 4.78 is 10.4. The number of benzene rings is 1. The largest absolute Gasteiger partial charge is 0.496 e. The van der Waals surface area contributed by atoms with Gasteiger partial charge in [0.15, 0.2) is 5.05 Å². The van der Waals surface area contributed by atoms with E-state index < -0.39 is 0 Å². The zero-order chi connectivity index (χ0) is 10.4. The molecule has 1 rings (SSSR count). The van der Waals surface area contributed by atoms with Crippen molar-refractivity contribution in [3.63, 3.8) is 0 Å². The van der Waals surface area contributed by atoms with Gasteiger partial charge >= 0.3 is 0 Å². The molecule has 3 heteroatoms. The van der Waals surface area contributed by atoms with E-state index in [2.05, 4.69) is 0 Å². The first-order chi connectivity index (χ1) is 6.74. The fraction of sp³-hybridized carbons (Fsp3) is 0.364. The first kappa shape index (κ1) is 11.0. The van der Waals surface area contributed by atoms with E-state index in [0.29, 0.717) is 11.7 Å². The van der Waals surface area contributed by atoms with Gasteiger partial charge in [0.05, 0.1) is 13.7 Å². The fourth-order valence-corrected chi connectivity index (χ4v) is 1.30. The van der Waals surface area contributed by atoms with Crippen molar-refractivity contribution in [2.45, 2.75) is 13.3 Å². The van der Waals surface area contributed by atoms with Crippen LogP contribution in [0.15, 0.2) is 24.3 Å². The Morgan fingerprint density at radius 1 is 1.36 bits per heavy atom. The van der Waals surface area contributed by atoms with Gasteiger partial charge in [-0.1, -0.05) is 18.2 Å². The van der Waals surface area contributed by atoms with Crippen molar-refractivity contribution in [2.24, 2.45) is 0 Å². The number of ether oxygens (including phenoxy) is 2. The highest BCUT2D eigenvalue weighted by Gasteiger charge is 2.01. The lowest BCUT2D eigenvalue weighted by Crippen LogP contribution is -2.02. The molecule has 14 heavy (non-hydrogen) atoms. The highest BCUT2D eigenvalue weighted by atomic mass is 32.1. The van der Waals surface area contributed by atoms with E-state index in [-0.39, 0.29) is 0 Å². The number of thiocarbonyl (C=S) groups is 1. The molecule has 0 unspecified atom stereocenters. The van der Waals surface area contributed by atoms with Crippen LogP contribution in [0.5, 0.6) is 5.75 Å². The molecular weight excluding hydrogens is 196 g/mol. The zero-order valence-electron chi connectivity index (χ0n) is 8.45. The minimum Gasteiger partial charge on any atom is -0.496 e. The number of methoxy groups -OCH3 is 1. The summed E-state index contributed by atoms with van der Waals surface area (Å²) in [5.74, 6) is 0.901. The van der Waals surface area contributed by atoms with E-state index >= 15 is 0 Å². The molecule has 0 amide bonds. The van der Waals surface area contributed by atoms with Crippen LogP contribution in [-0.4, -0.2) is 18.8 Å². The third kappa shape index (κ3) is 3.34. The second-order valence-corrected chi connectivity index (χ2v) is 3.48. The second kappa shape index (κ2) is 5.60. The molecular formula is C11H14O2S. The van der Waals surface area contributed by atoms with Crippen LogP contribution < -0.4 is 4.74 Å². The highest BCUT2D eigenvalue weighted by molar-refractivity contribution is 7.80. The Labute approximate surface area is 89.8 Å². The molecule has 1 aromatic rings. The summed E-state index contributed by atoms with van der Waals surface area (Å²) in [6.45, 7) is 2.38. The first-order valence-corrected chi connectivity index (χ1v) is 4.90. The van der Waals surface area contributed by atoms with Gasteiger partial charge in [0.1, 0.15) is 5.75 Å². The number of hydrogen-bond donors (Lipinski definition) is 0. The number of rotatable bonds is 4. The Morgan fingerprint density at radius 3 is 2.71 bits per heavy atom. The molecule has 0 aliphatic heterocycles. The Hall–Kier alpha value is -1.09. The summed E-state index contributed by atoms with van der Waals surface area (Å²) in [6.07, 6.45) is 0.817. The van der Waals surface area contributed by atoms with Crippen LogP contribution in [0, 0.1) is 0 Å². The van der Waals surface area contributed by atoms with Crippen molar-refractivity contribution in [2.75, 3.05) is 13.7 Å². The van der Waals surface area contributed by atoms with Crippen molar-refractivity contribution in [3.05, 3.63) is 29.8 Å². The van der Waals surface area contributed by atoms with Gasteiger partial charge in [-0.05, 0) is 23.8 Å². The van der Waals surface area contributed by atoms with Gasteiger partial charge in [-0.3, -0.25) is 0 Å². The summed E-state index contributed by atoms with van der Waals surface area (Å²) in [5.41, 5.74) is 1.14. The van der Waals surface area contributed by atoms with Crippen LogP contribution in [0.25, 0.3) is 0 Å². The third-order valence-corrected chi connectivity index (χ3v) is 1.99. The van der Waals surface area contributed by atoms with Crippen LogP contribution in [0.1, 0.15) is 12.5 Å². The Bertz CT molecular complexity index is 310. The lowest BCUT2D eigenvalue weighted by molar-refractivity contribution is 0.312. The predicted molar refractivity (Wildman–Crippen MR) is 60.9 cm³/mol. The van der Waals surface area contributed by atoms with Crippen molar-refractivity contribution in [3.8, 4) is 5.75 Å². The van der Waals surface area contributed by atoms with Gasteiger partial charge in [-0.15, -0.1) is 0 Å². The minimum atomic E-state index is 0.583. The van der Waals surface area contributed by atoms with Gasteiger partial charge in [-0.2, -0.15) is 0 Å². The molecule has 0 saturated heterocycles. The Morgan fingerprint density at radius 2 is 2.07 bits per heavy atom. The molecule has 0 radical (unpaired) electrons. The normalized spacial score (nSPS) is 9.57. The van der Waals surface area contributed by atoms with Crippen molar-refractivity contribution >= 4 is 17.3 Å². The molecule has 0 heterocycles. The second-order valence-electron chi connectivity index (χ2n) is 2.90.